The lowest BCUT2D eigenvalue weighted by atomic mass is 10.1. The number of nitrogens with zero attached hydrogens (tertiary/aromatic N) is 2. The molecular formula is C18H22ClFN2O4. The first kappa shape index (κ1) is 18.8. The summed E-state index contributed by atoms with van der Waals surface area (Å²) >= 11 is 6.18. The fourth-order valence-corrected chi connectivity index (χ4v) is 3.33. The highest BCUT2D eigenvalue weighted by Crippen LogP contribution is 2.37. The van der Waals surface area contributed by atoms with Gasteiger partial charge in [0.2, 0.25) is 0 Å². The summed E-state index contributed by atoms with van der Waals surface area (Å²) in [6.07, 6.45) is -0.425. The molecule has 0 bridgehead atoms. The van der Waals surface area contributed by atoms with E-state index in [0.29, 0.717) is 13.1 Å². The predicted octanol–water partition coefficient (Wildman–Crippen LogP) is 3.24. The number of benzene rings is 1. The molecule has 6 nitrogen and oxygen atoms in total. The van der Waals surface area contributed by atoms with Gasteiger partial charge in [-0.05, 0) is 33.8 Å². The first-order valence-electron chi connectivity index (χ1n) is 8.49. The molecule has 1 saturated heterocycles. The number of halogens is 2. The van der Waals surface area contributed by atoms with Crippen molar-refractivity contribution in [3.63, 3.8) is 0 Å². The van der Waals surface area contributed by atoms with Crippen LogP contribution >= 0.6 is 11.6 Å². The number of amides is 2. The molecule has 1 atom stereocenters. The molecule has 0 N–H and O–H groups in total. The van der Waals surface area contributed by atoms with Crippen LogP contribution in [0.4, 0.5) is 9.18 Å². The van der Waals surface area contributed by atoms with Crippen LogP contribution in [0.1, 0.15) is 36.7 Å². The number of hydrogen-bond acceptors (Lipinski definition) is 4. The number of hydrogen-bond donors (Lipinski definition) is 0. The zero-order chi connectivity index (χ0) is 19.2. The van der Waals surface area contributed by atoms with Crippen LogP contribution in [0.2, 0.25) is 5.02 Å². The number of ether oxygens (including phenoxy) is 2. The third-order valence-electron chi connectivity index (χ3n) is 4.45. The Morgan fingerprint density at radius 3 is 2.73 bits per heavy atom. The van der Waals surface area contributed by atoms with Crippen LogP contribution in [-0.2, 0) is 4.74 Å². The molecule has 1 aromatic carbocycles. The summed E-state index contributed by atoms with van der Waals surface area (Å²) in [4.78, 5) is 28.4. The Hall–Kier alpha value is -2.02. The van der Waals surface area contributed by atoms with E-state index >= 15 is 0 Å². The fraction of sp³-hybridized carbons (Fsp3) is 0.556. The van der Waals surface area contributed by atoms with Crippen molar-refractivity contribution in [1.82, 2.24) is 9.80 Å². The number of carbonyl (C=O) groups is 2. The van der Waals surface area contributed by atoms with E-state index < -0.39 is 17.5 Å². The summed E-state index contributed by atoms with van der Waals surface area (Å²) in [5.74, 6) is -0.683. The zero-order valence-corrected chi connectivity index (χ0v) is 16.0. The lowest BCUT2D eigenvalue weighted by Crippen LogP contribution is -2.58. The van der Waals surface area contributed by atoms with E-state index in [-0.39, 0.29) is 47.0 Å². The topological polar surface area (TPSA) is 59.1 Å². The summed E-state index contributed by atoms with van der Waals surface area (Å²) in [6, 6.07) is 0.817. The second-order valence-electron chi connectivity index (χ2n) is 7.56. The number of piperazine rings is 1. The molecule has 1 aromatic rings. The van der Waals surface area contributed by atoms with Gasteiger partial charge in [-0.1, -0.05) is 11.6 Å². The number of rotatable bonds is 0. The average Bonchev–Trinajstić information content (AvgIpc) is 2.69. The van der Waals surface area contributed by atoms with E-state index in [4.69, 9.17) is 21.1 Å². The molecule has 0 aromatic heterocycles. The normalized spacial score (nSPS) is 20.1. The molecule has 2 heterocycles. The first-order valence-corrected chi connectivity index (χ1v) is 8.86. The van der Waals surface area contributed by atoms with Gasteiger partial charge in [0, 0.05) is 25.2 Å². The molecule has 3 rings (SSSR count). The summed E-state index contributed by atoms with van der Waals surface area (Å²) in [7, 11) is 0. The van der Waals surface area contributed by atoms with E-state index in [1.807, 2.05) is 0 Å². The summed E-state index contributed by atoms with van der Waals surface area (Å²) in [5.41, 5.74) is -0.234. The van der Waals surface area contributed by atoms with Crippen molar-refractivity contribution >= 4 is 23.6 Å². The lowest BCUT2D eigenvalue weighted by molar-refractivity contribution is 0.000952. The minimum absolute atomic E-state index is 0.109. The molecule has 26 heavy (non-hydrogen) atoms. The van der Waals surface area contributed by atoms with Gasteiger partial charge < -0.3 is 19.3 Å². The van der Waals surface area contributed by atoms with Crippen LogP contribution in [-0.4, -0.2) is 59.7 Å². The van der Waals surface area contributed by atoms with E-state index in [1.165, 1.54) is 13.0 Å². The molecule has 0 saturated carbocycles. The smallest absolute Gasteiger partial charge is 0.410 e. The van der Waals surface area contributed by atoms with Gasteiger partial charge >= 0.3 is 6.09 Å². The minimum atomic E-state index is -0.594. The second-order valence-corrected chi connectivity index (χ2v) is 7.94. The van der Waals surface area contributed by atoms with Crippen molar-refractivity contribution in [3.05, 3.63) is 28.0 Å². The Bertz CT molecular complexity index is 763. The molecule has 0 aliphatic carbocycles. The third-order valence-corrected chi connectivity index (χ3v) is 4.90. The standard InChI is InChI=1S/C18H22ClFN2O4/c1-10-13(20)7-12-15(14(10)19)25-9-11-8-21(5-6-22(11)16(12)23)17(24)26-18(2,3)4/h7,11H,5-6,8-9H2,1-4H3. The maximum absolute atomic E-state index is 14.0. The average molecular weight is 385 g/mol. The van der Waals surface area contributed by atoms with Crippen LogP contribution in [0.5, 0.6) is 5.75 Å². The summed E-state index contributed by atoms with van der Waals surface area (Å²) in [5, 5.41) is 0.109. The zero-order valence-electron chi connectivity index (χ0n) is 15.3. The quantitative estimate of drug-likeness (QED) is 0.689. The minimum Gasteiger partial charge on any atom is -0.489 e. The first-order chi connectivity index (χ1) is 12.1. The predicted molar refractivity (Wildman–Crippen MR) is 94.3 cm³/mol. The van der Waals surface area contributed by atoms with Crippen LogP contribution < -0.4 is 4.74 Å². The Labute approximate surface area is 156 Å². The largest absolute Gasteiger partial charge is 0.489 e. The Morgan fingerprint density at radius 2 is 2.08 bits per heavy atom. The fourth-order valence-electron chi connectivity index (χ4n) is 3.09. The van der Waals surface area contributed by atoms with Crippen molar-refractivity contribution in [2.45, 2.75) is 39.3 Å². The monoisotopic (exact) mass is 384 g/mol. The molecule has 1 unspecified atom stereocenters. The van der Waals surface area contributed by atoms with Crippen molar-refractivity contribution in [3.8, 4) is 5.75 Å². The lowest BCUT2D eigenvalue weighted by Gasteiger charge is -2.40. The van der Waals surface area contributed by atoms with Crippen LogP contribution in [0.25, 0.3) is 0 Å². The maximum atomic E-state index is 14.0. The molecule has 0 radical (unpaired) electrons. The molecule has 8 heteroatoms. The molecular weight excluding hydrogens is 363 g/mol. The van der Waals surface area contributed by atoms with Gasteiger partial charge in [-0.2, -0.15) is 0 Å². The highest BCUT2D eigenvalue weighted by molar-refractivity contribution is 6.33. The van der Waals surface area contributed by atoms with Gasteiger partial charge in [-0.15, -0.1) is 0 Å². The van der Waals surface area contributed by atoms with Crippen LogP contribution in [0, 0.1) is 12.7 Å². The molecule has 1 fully saturated rings. The van der Waals surface area contributed by atoms with Gasteiger partial charge in [0.25, 0.3) is 5.91 Å². The van der Waals surface area contributed by atoms with Crippen LogP contribution in [0.3, 0.4) is 0 Å². The van der Waals surface area contributed by atoms with E-state index in [1.54, 1.807) is 30.6 Å². The maximum Gasteiger partial charge on any atom is 0.410 e. The van der Waals surface area contributed by atoms with Gasteiger partial charge in [-0.25, -0.2) is 9.18 Å². The Kier molecular flexibility index (Phi) is 4.77. The van der Waals surface area contributed by atoms with Crippen molar-refractivity contribution in [1.29, 1.82) is 0 Å². The van der Waals surface area contributed by atoms with Crippen molar-refractivity contribution < 1.29 is 23.5 Å². The van der Waals surface area contributed by atoms with Gasteiger partial charge in [0.1, 0.15) is 18.0 Å². The third kappa shape index (κ3) is 3.45. The molecule has 142 valence electrons. The SMILES string of the molecule is Cc1c(F)cc2c(c1Cl)OCC1CN(C(=O)OC(C)(C)C)CCN1C2=O. The summed E-state index contributed by atoms with van der Waals surface area (Å²) in [6.45, 7) is 8.05. The Morgan fingerprint density at radius 1 is 1.38 bits per heavy atom. The highest BCUT2D eigenvalue weighted by atomic mass is 35.5. The summed E-state index contributed by atoms with van der Waals surface area (Å²) < 4.78 is 25.2. The van der Waals surface area contributed by atoms with E-state index in [9.17, 15) is 14.0 Å². The second kappa shape index (κ2) is 6.61. The van der Waals surface area contributed by atoms with Gasteiger partial charge in [0.05, 0.1) is 16.6 Å². The molecule has 2 amide bonds. The molecule has 0 spiro atoms. The van der Waals surface area contributed by atoms with Crippen molar-refractivity contribution in [2.24, 2.45) is 0 Å². The number of carbonyl (C=O) groups excluding carboxylic acids is 2. The number of fused-ring (bicyclic) bond motifs is 2. The van der Waals surface area contributed by atoms with Gasteiger partial charge in [-0.3, -0.25) is 4.79 Å². The van der Waals surface area contributed by atoms with Gasteiger partial charge in [0.15, 0.2) is 5.75 Å². The van der Waals surface area contributed by atoms with Crippen molar-refractivity contribution in [2.75, 3.05) is 26.2 Å². The molecule has 2 aliphatic heterocycles. The van der Waals surface area contributed by atoms with Crippen LogP contribution in [0.15, 0.2) is 6.07 Å². The van der Waals surface area contributed by atoms with E-state index in [2.05, 4.69) is 0 Å². The Balaban J connectivity index is 1.83. The highest BCUT2D eigenvalue weighted by Gasteiger charge is 2.39. The molecule has 2 aliphatic rings. The van der Waals surface area contributed by atoms with E-state index in [0.717, 1.165) is 0 Å².